The van der Waals surface area contributed by atoms with E-state index in [9.17, 15) is 0 Å². The molecule has 1 aromatic heterocycles. The first-order valence-corrected chi connectivity index (χ1v) is 6.24. The zero-order valence-corrected chi connectivity index (χ0v) is 11.9. The van der Waals surface area contributed by atoms with Gasteiger partial charge in [0.2, 0.25) is 0 Å². The molecule has 5 nitrogen and oxygen atoms in total. The van der Waals surface area contributed by atoms with Gasteiger partial charge < -0.3 is 24.4 Å². The summed E-state index contributed by atoms with van der Waals surface area (Å²) in [7, 11) is 4.83. The minimum Gasteiger partial charge on any atom is -0.497 e. The fraction of sp³-hybridized carbons (Fsp3) is 0.333. The number of rotatable bonds is 6. The minimum absolute atomic E-state index is 0.401. The fourth-order valence-corrected chi connectivity index (χ4v) is 2.01. The van der Waals surface area contributed by atoms with Gasteiger partial charge in [-0.1, -0.05) is 0 Å². The first kappa shape index (κ1) is 14.4. The normalized spacial score (nSPS) is 12.2. The highest BCUT2D eigenvalue weighted by Gasteiger charge is 2.18. The van der Waals surface area contributed by atoms with Crippen LogP contribution in [0.3, 0.4) is 0 Å². The predicted octanol–water partition coefficient (Wildman–Crippen LogP) is 2.49. The molecule has 0 aliphatic carbocycles. The third-order valence-corrected chi connectivity index (χ3v) is 3.05. The highest BCUT2D eigenvalue weighted by molar-refractivity contribution is 5.44. The average molecular weight is 277 g/mol. The molecule has 0 aliphatic heterocycles. The summed E-state index contributed by atoms with van der Waals surface area (Å²) < 4.78 is 21.2. The Morgan fingerprint density at radius 2 is 1.90 bits per heavy atom. The lowest BCUT2D eigenvalue weighted by atomic mass is 10.0. The number of hydrogen-bond acceptors (Lipinski definition) is 5. The Hall–Kier alpha value is -1.98. The summed E-state index contributed by atoms with van der Waals surface area (Å²) in [6, 6.07) is 8.82. The van der Waals surface area contributed by atoms with Gasteiger partial charge in [-0.25, -0.2) is 0 Å². The molecule has 1 aromatic carbocycles. The van der Waals surface area contributed by atoms with Crippen molar-refractivity contribution >= 4 is 0 Å². The number of benzene rings is 1. The maximum absolute atomic E-state index is 6.24. The Morgan fingerprint density at radius 1 is 1.10 bits per heavy atom. The standard InChI is InChI=1S/C15H19NO4/c1-17-9-11-5-7-13(20-11)15(16)12-6-4-10(18-2)8-14(12)19-3/h4-8,15H,9,16H2,1-3H3. The van der Waals surface area contributed by atoms with Gasteiger partial charge in [-0.05, 0) is 24.3 Å². The molecule has 1 heterocycles. The molecule has 0 saturated carbocycles. The molecule has 20 heavy (non-hydrogen) atoms. The zero-order chi connectivity index (χ0) is 14.5. The largest absolute Gasteiger partial charge is 0.497 e. The summed E-state index contributed by atoms with van der Waals surface area (Å²) in [5.41, 5.74) is 7.08. The minimum atomic E-state index is -0.401. The molecule has 1 atom stereocenters. The molecule has 5 heteroatoms. The third-order valence-electron chi connectivity index (χ3n) is 3.05. The molecular weight excluding hydrogens is 258 g/mol. The van der Waals surface area contributed by atoms with Crippen molar-refractivity contribution in [2.24, 2.45) is 5.73 Å². The quantitative estimate of drug-likeness (QED) is 0.878. The number of methoxy groups -OCH3 is 3. The van der Waals surface area contributed by atoms with E-state index in [1.807, 2.05) is 24.3 Å². The zero-order valence-electron chi connectivity index (χ0n) is 11.9. The number of hydrogen-bond donors (Lipinski definition) is 1. The molecule has 108 valence electrons. The summed E-state index contributed by atoms with van der Waals surface area (Å²) in [5, 5.41) is 0. The van der Waals surface area contributed by atoms with Gasteiger partial charge in [-0.15, -0.1) is 0 Å². The Morgan fingerprint density at radius 3 is 2.55 bits per heavy atom. The molecule has 2 aromatic rings. The van der Waals surface area contributed by atoms with Gasteiger partial charge in [0.05, 0.1) is 20.3 Å². The molecule has 0 amide bonds. The fourth-order valence-electron chi connectivity index (χ4n) is 2.01. The molecule has 0 fully saturated rings. The van der Waals surface area contributed by atoms with Gasteiger partial charge in [-0.3, -0.25) is 0 Å². The molecule has 2 rings (SSSR count). The van der Waals surface area contributed by atoms with Crippen molar-refractivity contribution in [2.45, 2.75) is 12.6 Å². The van der Waals surface area contributed by atoms with E-state index in [0.29, 0.717) is 18.1 Å². The Kier molecular flexibility index (Phi) is 4.65. The van der Waals surface area contributed by atoms with Crippen LogP contribution >= 0.6 is 0 Å². The van der Waals surface area contributed by atoms with Crippen LogP contribution in [-0.4, -0.2) is 21.3 Å². The van der Waals surface area contributed by atoms with E-state index in [0.717, 1.165) is 17.1 Å². The van der Waals surface area contributed by atoms with Gasteiger partial charge in [0, 0.05) is 18.7 Å². The maximum atomic E-state index is 6.24. The molecular formula is C15H19NO4. The van der Waals surface area contributed by atoms with Crippen molar-refractivity contribution in [3.63, 3.8) is 0 Å². The summed E-state index contributed by atoms with van der Waals surface area (Å²) in [6.45, 7) is 0.423. The molecule has 0 saturated heterocycles. The average Bonchev–Trinajstić information content (AvgIpc) is 2.94. The third kappa shape index (κ3) is 2.95. The van der Waals surface area contributed by atoms with Crippen molar-refractivity contribution in [1.82, 2.24) is 0 Å². The summed E-state index contributed by atoms with van der Waals surface area (Å²) in [4.78, 5) is 0. The Bertz CT molecular complexity index is 565. The highest BCUT2D eigenvalue weighted by atomic mass is 16.5. The van der Waals surface area contributed by atoms with Crippen molar-refractivity contribution in [3.8, 4) is 11.5 Å². The van der Waals surface area contributed by atoms with E-state index in [-0.39, 0.29) is 0 Å². The van der Waals surface area contributed by atoms with Crippen molar-refractivity contribution in [2.75, 3.05) is 21.3 Å². The van der Waals surface area contributed by atoms with Crippen LogP contribution < -0.4 is 15.2 Å². The first-order chi connectivity index (χ1) is 9.69. The molecule has 0 radical (unpaired) electrons. The van der Waals surface area contributed by atoms with Crippen LogP contribution in [0.5, 0.6) is 11.5 Å². The van der Waals surface area contributed by atoms with E-state index in [2.05, 4.69) is 0 Å². The second-order valence-electron chi connectivity index (χ2n) is 4.32. The van der Waals surface area contributed by atoms with E-state index in [1.54, 1.807) is 27.4 Å². The van der Waals surface area contributed by atoms with E-state index in [1.165, 1.54) is 0 Å². The maximum Gasteiger partial charge on any atom is 0.129 e. The van der Waals surface area contributed by atoms with Gasteiger partial charge >= 0.3 is 0 Å². The monoisotopic (exact) mass is 277 g/mol. The molecule has 0 aliphatic rings. The number of nitrogens with two attached hydrogens (primary N) is 1. The lowest BCUT2D eigenvalue weighted by molar-refractivity contribution is 0.162. The van der Waals surface area contributed by atoms with Crippen molar-refractivity contribution in [1.29, 1.82) is 0 Å². The van der Waals surface area contributed by atoms with Crippen LogP contribution in [0.15, 0.2) is 34.7 Å². The predicted molar refractivity (Wildman–Crippen MR) is 75.0 cm³/mol. The van der Waals surface area contributed by atoms with Gasteiger partial charge in [0.15, 0.2) is 0 Å². The summed E-state index contributed by atoms with van der Waals surface area (Å²) >= 11 is 0. The summed E-state index contributed by atoms with van der Waals surface area (Å²) in [5.74, 6) is 2.80. The SMILES string of the molecule is COCc1ccc(C(N)c2ccc(OC)cc2OC)o1. The van der Waals surface area contributed by atoms with Crippen LogP contribution in [0.2, 0.25) is 0 Å². The van der Waals surface area contributed by atoms with Crippen molar-refractivity contribution in [3.05, 3.63) is 47.4 Å². The summed E-state index contributed by atoms with van der Waals surface area (Å²) in [6.07, 6.45) is 0. The topological polar surface area (TPSA) is 66.9 Å². The van der Waals surface area contributed by atoms with E-state index < -0.39 is 6.04 Å². The van der Waals surface area contributed by atoms with Crippen LogP contribution in [0.25, 0.3) is 0 Å². The van der Waals surface area contributed by atoms with E-state index in [4.69, 9.17) is 24.4 Å². The first-order valence-electron chi connectivity index (χ1n) is 6.24. The van der Waals surface area contributed by atoms with Crippen LogP contribution in [-0.2, 0) is 11.3 Å². The van der Waals surface area contributed by atoms with Crippen LogP contribution in [0.1, 0.15) is 23.1 Å². The lowest BCUT2D eigenvalue weighted by Crippen LogP contribution is -2.12. The molecule has 1 unspecified atom stereocenters. The van der Waals surface area contributed by atoms with Gasteiger partial charge in [-0.2, -0.15) is 0 Å². The van der Waals surface area contributed by atoms with Gasteiger partial charge in [0.25, 0.3) is 0 Å². The van der Waals surface area contributed by atoms with Crippen LogP contribution in [0.4, 0.5) is 0 Å². The number of furan rings is 1. The molecule has 2 N–H and O–H groups in total. The Labute approximate surface area is 118 Å². The van der Waals surface area contributed by atoms with Crippen molar-refractivity contribution < 1.29 is 18.6 Å². The smallest absolute Gasteiger partial charge is 0.129 e. The Balaban J connectivity index is 2.29. The van der Waals surface area contributed by atoms with Gasteiger partial charge in [0.1, 0.15) is 29.6 Å². The van der Waals surface area contributed by atoms with E-state index >= 15 is 0 Å². The molecule has 0 bridgehead atoms. The van der Waals surface area contributed by atoms with Crippen LogP contribution in [0, 0.1) is 0 Å². The lowest BCUT2D eigenvalue weighted by Gasteiger charge is -2.15. The molecule has 0 spiro atoms. The highest BCUT2D eigenvalue weighted by Crippen LogP contribution is 2.32. The number of ether oxygens (including phenoxy) is 3. The second kappa shape index (κ2) is 6.45. The second-order valence-corrected chi connectivity index (χ2v) is 4.32.